The van der Waals surface area contributed by atoms with E-state index in [2.05, 4.69) is 0 Å². The van der Waals surface area contributed by atoms with Crippen LogP contribution in [-0.4, -0.2) is 62.5 Å². The quantitative estimate of drug-likeness (QED) is 0.620. The summed E-state index contributed by atoms with van der Waals surface area (Å²) >= 11 is 7.48. The van der Waals surface area contributed by atoms with Crippen molar-refractivity contribution in [3.8, 4) is 0 Å². The Balaban J connectivity index is 1.90. The Morgan fingerprint density at radius 2 is 1.95 bits per heavy atom. The van der Waals surface area contributed by atoms with E-state index in [0.29, 0.717) is 11.6 Å². The van der Waals surface area contributed by atoms with Gasteiger partial charge in [0.25, 0.3) is 0 Å². The van der Waals surface area contributed by atoms with Gasteiger partial charge in [-0.25, -0.2) is 0 Å². The third-order valence-corrected chi connectivity index (χ3v) is 6.12. The molecule has 0 unspecified atom stereocenters. The molecule has 0 amide bonds. The van der Waals surface area contributed by atoms with Crippen LogP contribution in [0.2, 0.25) is 5.02 Å². The van der Waals surface area contributed by atoms with Crippen LogP contribution in [0.5, 0.6) is 0 Å². The zero-order chi connectivity index (χ0) is 15.1. The van der Waals surface area contributed by atoms with Crippen molar-refractivity contribution in [2.24, 2.45) is 0 Å². The molecule has 0 radical (unpaired) electrons. The number of aliphatic hydroxyl groups is 4. The lowest BCUT2D eigenvalue weighted by Crippen LogP contribution is -2.58. The number of hydrogen-bond donors (Lipinski definition) is 4. The van der Waals surface area contributed by atoms with Gasteiger partial charge in [0.15, 0.2) is 0 Å². The monoisotopic (exact) mass is 331 g/mol. The van der Waals surface area contributed by atoms with E-state index in [9.17, 15) is 20.4 Å². The molecule has 5 atom stereocenters. The minimum atomic E-state index is -1.27. The molecule has 116 valence electrons. The number of benzene rings is 1. The number of anilines is 1. The summed E-state index contributed by atoms with van der Waals surface area (Å²) in [5, 5.41) is 39.3. The molecule has 21 heavy (non-hydrogen) atoms. The van der Waals surface area contributed by atoms with E-state index in [1.807, 2.05) is 23.1 Å². The first-order valence-electron chi connectivity index (χ1n) is 6.89. The van der Waals surface area contributed by atoms with Gasteiger partial charge < -0.3 is 25.3 Å². The van der Waals surface area contributed by atoms with E-state index in [1.54, 1.807) is 0 Å². The van der Waals surface area contributed by atoms with Crippen molar-refractivity contribution in [2.45, 2.75) is 35.4 Å². The molecule has 0 spiro atoms. The third kappa shape index (κ3) is 2.54. The molecule has 0 aliphatic carbocycles. The summed E-state index contributed by atoms with van der Waals surface area (Å²) in [5.41, 5.74) is 1.98. The van der Waals surface area contributed by atoms with Crippen LogP contribution in [-0.2, 0) is 6.42 Å². The SMILES string of the molecule is OC[C@H]1S[C@@H](N2CCc3c(Cl)cccc32)[C@H](O)[C@@H](O)[C@@H]1O. The Hall–Kier alpha value is -0.500. The summed E-state index contributed by atoms with van der Waals surface area (Å²) < 4.78 is 0. The molecule has 4 N–H and O–H groups in total. The van der Waals surface area contributed by atoms with Crippen LogP contribution in [0.3, 0.4) is 0 Å². The summed E-state index contributed by atoms with van der Waals surface area (Å²) in [6.45, 7) is 0.442. The second-order valence-corrected chi connectivity index (χ2v) is 7.17. The standard InChI is InChI=1S/C14H18ClNO4S/c15-8-2-1-3-9-7(8)4-5-16(9)14-13(20)12(19)11(18)10(6-17)21-14/h1-3,10-14,17-20H,4-6H2/t10-,11-,12+,13-,14-/m1/s1. The Morgan fingerprint density at radius 3 is 2.67 bits per heavy atom. The Morgan fingerprint density at radius 1 is 1.19 bits per heavy atom. The average molecular weight is 332 g/mol. The lowest BCUT2D eigenvalue weighted by atomic mass is 10.0. The van der Waals surface area contributed by atoms with E-state index in [-0.39, 0.29) is 6.61 Å². The van der Waals surface area contributed by atoms with Crippen LogP contribution in [0.25, 0.3) is 0 Å². The fraction of sp³-hybridized carbons (Fsp3) is 0.571. The van der Waals surface area contributed by atoms with Gasteiger partial charge >= 0.3 is 0 Å². The van der Waals surface area contributed by atoms with Crippen molar-refractivity contribution >= 4 is 29.1 Å². The van der Waals surface area contributed by atoms with Gasteiger partial charge in [-0.2, -0.15) is 0 Å². The summed E-state index contributed by atoms with van der Waals surface area (Å²) in [6.07, 6.45) is -2.71. The Labute approximate surface area is 132 Å². The number of halogens is 1. The van der Waals surface area contributed by atoms with Gasteiger partial charge in [-0.15, -0.1) is 11.8 Å². The molecule has 1 aromatic rings. The summed E-state index contributed by atoms with van der Waals surface area (Å²) in [7, 11) is 0. The van der Waals surface area contributed by atoms with Gasteiger partial charge in [0, 0.05) is 17.3 Å². The van der Waals surface area contributed by atoms with Gasteiger partial charge in [0.1, 0.15) is 17.6 Å². The minimum Gasteiger partial charge on any atom is -0.395 e. The van der Waals surface area contributed by atoms with Gasteiger partial charge in [0.05, 0.1) is 18.0 Å². The van der Waals surface area contributed by atoms with Crippen molar-refractivity contribution in [3.63, 3.8) is 0 Å². The van der Waals surface area contributed by atoms with Crippen LogP contribution in [0, 0.1) is 0 Å². The van der Waals surface area contributed by atoms with E-state index >= 15 is 0 Å². The van der Waals surface area contributed by atoms with Crippen molar-refractivity contribution in [1.29, 1.82) is 0 Å². The Bertz CT molecular complexity index is 530. The first kappa shape index (κ1) is 15.4. The molecule has 1 aromatic carbocycles. The average Bonchev–Trinajstić information content (AvgIpc) is 2.91. The van der Waals surface area contributed by atoms with Gasteiger partial charge in [0.2, 0.25) is 0 Å². The van der Waals surface area contributed by atoms with Crippen molar-refractivity contribution in [3.05, 3.63) is 28.8 Å². The molecular weight excluding hydrogens is 314 g/mol. The van der Waals surface area contributed by atoms with E-state index < -0.39 is 28.9 Å². The number of thioether (sulfide) groups is 1. The van der Waals surface area contributed by atoms with Crippen LogP contribution in [0.15, 0.2) is 18.2 Å². The second kappa shape index (κ2) is 5.95. The molecular formula is C14H18ClNO4S. The zero-order valence-corrected chi connectivity index (χ0v) is 12.8. The molecule has 2 heterocycles. The number of nitrogens with zero attached hydrogens (tertiary/aromatic N) is 1. The molecule has 2 aliphatic heterocycles. The predicted molar refractivity (Wildman–Crippen MR) is 82.8 cm³/mol. The van der Waals surface area contributed by atoms with Gasteiger partial charge in [-0.1, -0.05) is 17.7 Å². The number of rotatable bonds is 2. The molecule has 2 aliphatic rings. The van der Waals surface area contributed by atoms with Crippen molar-refractivity contribution in [2.75, 3.05) is 18.1 Å². The third-order valence-electron chi connectivity index (χ3n) is 4.18. The Kier molecular flexibility index (Phi) is 4.36. The highest BCUT2D eigenvalue weighted by Gasteiger charge is 2.46. The maximum absolute atomic E-state index is 10.3. The van der Waals surface area contributed by atoms with Crippen molar-refractivity contribution < 1.29 is 20.4 Å². The molecule has 0 bridgehead atoms. The predicted octanol–water partition coefficient (Wildman–Crippen LogP) is 0.219. The first-order chi connectivity index (χ1) is 10.0. The molecule has 3 rings (SSSR count). The molecule has 7 heteroatoms. The van der Waals surface area contributed by atoms with Crippen LogP contribution >= 0.6 is 23.4 Å². The number of fused-ring (bicyclic) bond motifs is 1. The maximum atomic E-state index is 10.3. The van der Waals surface area contributed by atoms with E-state index in [0.717, 1.165) is 17.7 Å². The van der Waals surface area contributed by atoms with E-state index in [4.69, 9.17) is 11.6 Å². The van der Waals surface area contributed by atoms with Crippen LogP contribution < -0.4 is 4.90 Å². The van der Waals surface area contributed by atoms with Crippen LogP contribution in [0.4, 0.5) is 5.69 Å². The van der Waals surface area contributed by atoms with Gasteiger partial charge in [-0.3, -0.25) is 0 Å². The fourth-order valence-electron chi connectivity index (χ4n) is 3.02. The smallest absolute Gasteiger partial charge is 0.112 e. The van der Waals surface area contributed by atoms with E-state index in [1.165, 1.54) is 11.8 Å². The fourth-order valence-corrected chi connectivity index (χ4v) is 4.74. The lowest BCUT2D eigenvalue weighted by molar-refractivity contribution is -0.0696. The van der Waals surface area contributed by atoms with Crippen molar-refractivity contribution in [1.82, 2.24) is 0 Å². The zero-order valence-electron chi connectivity index (χ0n) is 11.3. The normalized spacial score (nSPS) is 35.9. The highest BCUT2D eigenvalue weighted by Crippen LogP contribution is 2.41. The summed E-state index contributed by atoms with van der Waals surface area (Å²) in [4.78, 5) is 1.99. The molecule has 1 saturated heterocycles. The highest BCUT2D eigenvalue weighted by molar-refractivity contribution is 8.00. The number of hydrogen-bond acceptors (Lipinski definition) is 6. The molecule has 1 fully saturated rings. The first-order valence-corrected chi connectivity index (χ1v) is 8.21. The molecule has 0 aromatic heterocycles. The highest BCUT2D eigenvalue weighted by atomic mass is 35.5. The molecule has 5 nitrogen and oxygen atoms in total. The van der Waals surface area contributed by atoms with Crippen LogP contribution in [0.1, 0.15) is 5.56 Å². The minimum absolute atomic E-state index is 0.248. The lowest BCUT2D eigenvalue weighted by Gasteiger charge is -2.44. The summed E-state index contributed by atoms with van der Waals surface area (Å²) in [5.74, 6) is 0. The van der Waals surface area contributed by atoms with Gasteiger partial charge in [-0.05, 0) is 24.1 Å². The second-order valence-electron chi connectivity index (χ2n) is 5.40. The maximum Gasteiger partial charge on any atom is 0.112 e. The topological polar surface area (TPSA) is 84.2 Å². The molecule has 0 saturated carbocycles. The largest absolute Gasteiger partial charge is 0.395 e. The number of aliphatic hydroxyl groups excluding tert-OH is 4. The summed E-state index contributed by atoms with van der Waals surface area (Å²) in [6, 6.07) is 5.63.